The lowest BCUT2D eigenvalue weighted by molar-refractivity contribution is -0.0223. The van der Waals surface area contributed by atoms with Crippen molar-refractivity contribution in [1.29, 1.82) is 0 Å². The number of rotatable bonds is 1. The zero-order valence-corrected chi connectivity index (χ0v) is 12.4. The summed E-state index contributed by atoms with van der Waals surface area (Å²) in [6.07, 6.45) is 4.23. The summed E-state index contributed by atoms with van der Waals surface area (Å²) in [5.41, 5.74) is 1.13. The molecule has 21 heavy (non-hydrogen) atoms. The number of fused-ring (bicyclic) bond motifs is 1. The molecule has 1 spiro atoms. The number of aromatic nitrogens is 3. The monoisotopic (exact) mass is 287 g/mol. The van der Waals surface area contributed by atoms with Crippen LogP contribution in [0.4, 0.5) is 5.95 Å². The largest absolute Gasteiger partial charge is 0.381 e. The smallest absolute Gasteiger partial charge is 0.231 e. The molecule has 0 radical (unpaired) electrons. The Morgan fingerprint density at radius 2 is 2.00 bits per heavy atom. The van der Waals surface area contributed by atoms with Gasteiger partial charge in [-0.2, -0.15) is 0 Å². The standard InChI is InChI=1S/C15H21N5O/c1-18-8-9-19(12-15(18)5-10-21-11-6-15)14-17-16-13-4-2-3-7-20(13)14/h2-4,7H,5-6,8-12H2,1H3. The first-order chi connectivity index (χ1) is 10.3. The van der Waals surface area contributed by atoms with Crippen LogP contribution >= 0.6 is 0 Å². The van der Waals surface area contributed by atoms with Gasteiger partial charge >= 0.3 is 0 Å². The maximum Gasteiger partial charge on any atom is 0.231 e. The number of anilines is 1. The number of pyridine rings is 1. The highest BCUT2D eigenvalue weighted by Gasteiger charge is 2.41. The van der Waals surface area contributed by atoms with Gasteiger partial charge in [0, 0.05) is 44.6 Å². The van der Waals surface area contributed by atoms with Crippen molar-refractivity contribution in [2.24, 2.45) is 0 Å². The molecule has 0 aromatic carbocycles. The SMILES string of the molecule is CN1CCN(c2nnc3ccccn23)CC12CCOCC2. The molecule has 0 N–H and O–H groups in total. The fourth-order valence-corrected chi connectivity index (χ4v) is 3.57. The van der Waals surface area contributed by atoms with E-state index in [4.69, 9.17) is 4.74 Å². The Kier molecular flexibility index (Phi) is 3.08. The van der Waals surface area contributed by atoms with Gasteiger partial charge in [0.1, 0.15) is 0 Å². The number of hydrogen-bond donors (Lipinski definition) is 0. The lowest BCUT2D eigenvalue weighted by atomic mass is 9.86. The second kappa shape index (κ2) is 4.96. The molecular weight excluding hydrogens is 266 g/mol. The summed E-state index contributed by atoms with van der Waals surface area (Å²) < 4.78 is 7.64. The van der Waals surface area contributed by atoms with E-state index in [0.29, 0.717) is 0 Å². The van der Waals surface area contributed by atoms with Gasteiger partial charge in [0.05, 0.1) is 0 Å². The molecule has 0 atom stereocenters. The maximum atomic E-state index is 5.56. The van der Waals surface area contributed by atoms with Crippen molar-refractivity contribution in [2.45, 2.75) is 18.4 Å². The molecule has 6 heteroatoms. The molecule has 6 nitrogen and oxygen atoms in total. The number of likely N-dealkylation sites (N-methyl/N-ethyl adjacent to an activating group) is 1. The fraction of sp³-hybridized carbons (Fsp3) is 0.600. The zero-order chi connectivity index (χ0) is 14.3. The van der Waals surface area contributed by atoms with Crippen molar-refractivity contribution in [3.8, 4) is 0 Å². The zero-order valence-electron chi connectivity index (χ0n) is 12.4. The molecule has 2 aromatic heterocycles. The van der Waals surface area contributed by atoms with Crippen molar-refractivity contribution >= 4 is 11.6 Å². The normalized spacial score (nSPS) is 23.0. The van der Waals surface area contributed by atoms with Crippen molar-refractivity contribution in [3.05, 3.63) is 24.4 Å². The van der Waals surface area contributed by atoms with Crippen molar-refractivity contribution in [3.63, 3.8) is 0 Å². The quantitative estimate of drug-likeness (QED) is 0.784. The summed E-state index contributed by atoms with van der Waals surface area (Å²) >= 11 is 0. The van der Waals surface area contributed by atoms with Crippen LogP contribution < -0.4 is 4.90 Å². The molecule has 4 rings (SSSR count). The van der Waals surface area contributed by atoms with Crippen LogP contribution in [-0.4, -0.2) is 64.9 Å². The van der Waals surface area contributed by atoms with Crippen LogP contribution in [0.5, 0.6) is 0 Å². The van der Waals surface area contributed by atoms with Crippen LogP contribution in [0.25, 0.3) is 5.65 Å². The molecule has 0 unspecified atom stereocenters. The lowest BCUT2D eigenvalue weighted by Crippen LogP contribution is -2.63. The molecule has 112 valence electrons. The number of hydrogen-bond acceptors (Lipinski definition) is 5. The van der Waals surface area contributed by atoms with E-state index in [1.165, 1.54) is 0 Å². The summed E-state index contributed by atoms with van der Waals surface area (Å²) in [6, 6.07) is 6.02. The summed E-state index contributed by atoms with van der Waals surface area (Å²) in [7, 11) is 2.24. The molecule has 2 fully saturated rings. The summed E-state index contributed by atoms with van der Waals surface area (Å²) in [5.74, 6) is 0.963. The van der Waals surface area contributed by atoms with Crippen molar-refractivity contribution in [2.75, 3.05) is 44.8 Å². The Bertz CT molecular complexity index is 634. The van der Waals surface area contributed by atoms with Crippen LogP contribution in [0, 0.1) is 0 Å². The highest BCUT2D eigenvalue weighted by molar-refractivity contribution is 5.47. The molecule has 2 aliphatic heterocycles. The molecule has 0 saturated carbocycles. The minimum absolute atomic E-state index is 0.219. The fourth-order valence-electron chi connectivity index (χ4n) is 3.57. The average Bonchev–Trinajstić information content (AvgIpc) is 2.95. The highest BCUT2D eigenvalue weighted by Crippen LogP contribution is 2.32. The molecular formula is C15H21N5O. The van der Waals surface area contributed by atoms with Crippen LogP contribution in [-0.2, 0) is 4.74 Å². The van der Waals surface area contributed by atoms with Crippen LogP contribution in [0.2, 0.25) is 0 Å². The van der Waals surface area contributed by atoms with E-state index in [1.54, 1.807) is 0 Å². The molecule has 2 saturated heterocycles. The predicted octanol–water partition coefficient (Wildman–Crippen LogP) is 1.03. The van der Waals surface area contributed by atoms with Crippen LogP contribution in [0.15, 0.2) is 24.4 Å². The average molecular weight is 287 g/mol. The Balaban J connectivity index is 1.66. The Morgan fingerprint density at radius 1 is 1.14 bits per heavy atom. The Morgan fingerprint density at radius 3 is 2.86 bits per heavy atom. The van der Waals surface area contributed by atoms with Gasteiger partial charge in [-0.05, 0) is 32.0 Å². The number of ether oxygens (including phenoxy) is 1. The van der Waals surface area contributed by atoms with Crippen molar-refractivity contribution in [1.82, 2.24) is 19.5 Å². The van der Waals surface area contributed by atoms with Gasteiger partial charge in [-0.3, -0.25) is 9.30 Å². The van der Waals surface area contributed by atoms with E-state index in [9.17, 15) is 0 Å². The van der Waals surface area contributed by atoms with Crippen LogP contribution in [0.1, 0.15) is 12.8 Å². The van der Waals surface area contributed by atoms with Crippen molar-refractivity contribution < 1.29 is 4.74 Å². The van der Waals surface area contributed by atoms with E-state index in [0.717, 1.165) is 57.3 Å². The lowest BCUT2D eigenvalue weighted by Gasteiger charge is -2.51. The van der Waals surface area contributed by atoms with Gasteiger partial charge in [-0.25, -0.2) is 0 Å². The predicted molar refractivity (Wildman–Crippen MR) is 80.6 cm³/mol. The topological polar surface area (TPSA) is 45.9 Å². The van der Waals surface area contributed by atoms with Gasteiger partial charge in [0.2, 0.25) is 5.95 Å². The Labute approximate surface area is 124 Å². The summed E-state index contributed by atoms with van der Waals surface area (Å²) in [4.78, 5) is 4.89. The van der Waals surface area contributed by atoms with E-state index in [1.807, 2.05) is 24.4 Å². The molecule has 2 aliphatic rings. The minimum Gasteiger partial charge on any atom is -0.381 e. The van der Waals surface area contributed by atoms with E-state index in [2.05, 4.69) is 31.4 Å². The van der Waals surface area contributed by atoms with Crippen LogP contribution in [0.3, 0.4) is 0 Å². The molecule has 0 aliphatic carbocycles. The second-order valence-corrected chi connectivity index (χ2v) is 6.11. The highest BCUT2D eigenvalue weighted by atomic mass is 16.5. The van der Waals surface area contributed by atoms with Gasteiger partial charge in [0.25, 0.3) is 0 Å². The maximum absolute atomic E-state index is 5.56. The van der Waals surface area contributed by atoms with Gasteiger partial charge in [-0.1, -0.05) is 6.07 Å². The van der Waals surface area contributed by atoms with Gasteiger partial charge in [0.15, 0.2) is 5.65 Å². The first-order valence-electron chi connectivity index (χ1n) is 7.62. The summed E-state index contributed by atoms with van der Waals surface area (Å²) in [5, 5.41) is 8.69. The third-order valence-electron chi connectivity index (χ3n) is 5.00. The third kappa shape index (κ3) is 2.10. The summed E-state index contributed by atoms with van der Waals surface area (Å²) in [6.45, 7) is 4.77. The number of piperazine rings is 1. The molecule has 0 amide bonds. The van der Waals surface area contributed by atoms with E-state index in [-0.39, 0.29) is 5.54 Å². The first kappa shape index (κ1) is 13.0. The van der Waals surface area contributed by atoms with Gasteiger partial charge in [-0.15, -0.1) is 10.2 Å². The first-order valence-corrected chi connectivity index (χ1v) is 7.62. The minimum atomic E-state index is 0.219. The third-order valence-corrected chi connectivity index (χ3v) is 5.00. The Hall–Kier alpha value is -1.66. The number of nitrogens with zero attached hydrogens (tertiary/aromatic N) is 5. The second-order valence-electron chi connectivity index (χ2n) is 6.11. The molecule has 0 bridgehead atoms. The van der Waals surface area contributed by atoms with E-state index < -0.39 is 0 Å². The van der Waals surface area contributed by atoms with E-state index >= 15 is 0 Å². The molecule has 2 aromatic rings. The molecule has 4 heterocycles. The van der Waals surface area contributed by atoms with Gasteiger partial charge < -0.3 is 9.64 Å².